The fourth-order valence-corrected chi connectivity index (χ4v) is 6.75. The highest BCUT2D eigenvalue weighted by Gasteiger charge is 2.43. The van der Waals surface area contributed by atoms with Crippen LogP contribution in [0.4, 0.5) is 0 Å². The predicted octanol–water partition coefficient (Wildman–Crippen LogP) is 3.13. The summed E-state index contributed by atoms with van der Waals surface area (Å²) in [6.45, 7) is 5.81. The van der Waals surface area contributed by atoms with Crippen LogP contribution in [0.2, 0.25) is 0 Å². The van der Waals surface area contributed by atoms with Gasteiger partial charge in [0, 0.05) is 6.42 Å². The number of hydrogen-bond donors (Lipinski definition) is 0. The van der Waals surface area contributed by atoms with E-state index < -0.39 is 15.4 Å². The molecule has 5 heteroatoms. The first-order chi connectivity index (χ1) is 10.8. The zero-order valence-corrected chi connectivity index (χ0v) is 14.8. The normalized spacial score (nSPS) is 37.4. The monoisotopic (exact) mass is 340 g/mol. The van der Waals surface area contributed by atoms with Gasteiger partial charge >= 0.3 is 5.97 Å². The molecule has 23 heavy (non-hydrogen) atoms. The molecular formula is C18H28O4S. The Kier molecular flexibility index (Phi) is 4.60. The minimum atomic E-state index is -2.94. The quantitative estimate of drug-likeness (QED) is 0.550. The zero-order valence-electron chi connectivity index (χ0n) is 14.0. The summed E-state index contributed by atoms with van der Waals surface area (Å²) < 4.78 is 28.7. The topological polar surface area (TPSA) is 60.4 Å². The van der Waals surface area contributed by atoms with E-state index in [-0.39, 0.29) is 29.8 Å². The summed E-state index contributed by atoms with van der Waals surface area (Å²) in [6, 6.07) is 0. The number of sulfone groups is 1. The minimum Gasteiger partial charge on any atom is -0.455 e. The lowest BCUT2D eigenvalue weighted by Gasteiger charge is -2.32. The molecule has 3 rings (SSSR count). The second kappa shape index (κ2) is 6.23. The summed E-state index contributed by atoms with van der Waals surface area (Å²) in [6.07, 6.45) is 8.67. The molecule has 0 unspecified atom stereocenters. The third kappa shape index (κ3) is 3.98. The van der Waals surface area contributed by atoms with Crippen LogP contribution in [0.3, 0.4) is 0 Å². The Hall–Kier alpha value is -0.840. The van der Waals surface area contributed by atoms with Crippen LogP contribution in [-0.2, 0) is 19.4 Å². The van der Waals surface area contributed by atoms with Crippen LogP contribution in [0.5, 0.6) is 0 Å². The maximum atomic E-state index is 12.3. The van der Waals surface area contributed by atoms with Crippen LogP contribution < -0.4 is 0 Å². The summed E-state index contributed by atoms with van der Waals surface area (Å²) in [5, 5.41) is 0. The summed E-state index contributed by atoms with van der Waals surface area (Å²) in [4.78, 5) is 12.3. The highest BCUT2D eigenvalue weighted by molar-refractivity contribution is 7.91. The largest absolute Gasteiger partial charge is 0.455 e. The fraction of sp³-hybridized carbons (Fsp3) is 0.833. The lowest BCUT2D eigenvalue weighted by Crippen LogP contribution is -2.34. The van der Waals surface area contributed by atoms with Gasteiger partial charge in [0.2, 0.25) is 0 Å². The second-order valence-electron chi connectivity index (χ2n) is 8.10. The molecule has 0 aromatic carbocycles. The lowest BCUT2D eigenvalue weighted by molar-refractivity contribution is -0.156. The van der Waals surface area contributed by atoms with E-state index in [1.807, 2.05) is 6.92 Å². The Bertz CT molecular complexity index is 582. The predicted molar refractivity (Wildman–Crippen MR) is 89.6 cm³/mol. The number of esters is 1. The lowest BCUT2D eigenvalue weighted by atomic mass is 9.81. The first kappa shape index (κ1) is 17.0. The Morgan fingerprint density at radius 3 is 2.61 bits per heavy atom. The average Bonchev–Trinajstić information content (AvgIpc) is 3.14. The van der Waals surface area contributed by atoms with E-state index in [0.29, 0.717) is 12.3 Å². The summed E-state index contributed by atoms with van der Waals surface area (Å²) in [5.74, 6) is 2.27. The van der Waals surface area contributed by atoms with Crippen molar-refractivity contribution in [3.63, 3.8) is 0 Å². The molecule has 2 aliphatic carbocycles. The standard InChI is InChI=1S/C18H28O4S/c1-3-18(2,11-16-9-13-4-5-15(16)8-13)22-17(19)10-14-6-7-23(20,21)12-14/h3,13-16H,1,4-12H2,2H3/t13-,14-,15-,16+,18+/m0/s1. The summed E-state index contributed by atoms with van der Waals surface area (Å²) >= 11 is 0. The maximum Gasteiger partial charge on any atom is 0.306 e. The molecule has 130 valence electrons. The van der Waals surface area contributed by atoms with Gasteiger partial charge in [-0.05, 0) is 68.8 Å². The van der Waals surface area contributed by atoms with E-state index in [4.69, 9.17) is 4.74 Å². The third-order valence-corrected chi connectivity index (χ3v) is 7.95. The van der Waals surface area contributed by atoms with E-state index in [0.717, 1.165) is 18.3 Å². The smallest absolute Gasteiger partial charge is 0.306 e. The molecule has 0 aromatic rings. The van der Waals surface area contributed by atoms with Crippen LogP contribution >= 0.6 is 0 Å². The molecule has 2 bridgehead atoms. The van der Waals surface area contributed by atoms with Gasteiger partial charge in [-0.25, -0.2) is 8.42 Å². The number of carbonyl (C=O) groups excluding carboxylic acids is 1. The van der Waals surface area contributed by atoms with E-state index in [9.17, 15) is 13.2 Å². The molecule has 4 nitrogen and oxygen atoms in total. The van der Waals surface area contributed by atoms with Crippen LogP contribution in [0, 0.1) is 23.7 Å². The Balaban J connectivity index is 1.53. The Morgan fingerprint density at radius 2 is 2.09 bits per heavy atom. The minimum absolute atomic E-state index is 0.0796. The summed E-state index contributed by atoms with van der Waals surface area (Å²) in [7, 11) is -2.94. The third-order valence-electron chi connectivity index (χ3n) is 6.11. The van der Waals surface area contributed by atoms with Gasteiger partial charge in [0.05, 0.1) is 11.5 Å². The first-order valence-corrected chi connectivity index (χ1v) is 10.7. The van der Waals surface area contributed by atoms with Crippen molar-refractivity contribution in [3.05, 3.63) is 12.7 Å². The highest BCUT2D eigenvalue weighted by Crippen LogP contribution is 2.51. The van der Waals surface area contributed by atoms with Crippen molar-refractivity contribution in [2.45, 2.75) is 57.5 Å². The van der Waals surface area contributed by atoms with Gasteiger partial charge in [-0.15, -0.1) is 0 Å². The van der Waals surface area contributed by atoms with Gasteiger partial charge in [0.1, 0.15) is 5.60 Å². The second-order valence-corrected chi connectivity index (χ2v) is 10.3. The molecule has 3 fully saturated rings. The van der Waals surface area contributed by atoms with Gasteiger partial charge in [-0.2, -0.15) is 0 Å². The SMILES string of the molecule is C=C[C@](C)(C[C@H]1C[C@H]2CC[C@H]1C2)OC(=O)C[C@@H]1CCS(=O)(=O)C1. The van der Waals surface area contributed by atoms with E-state index in [2.05, 4.69) is 6.58 Å². The fourth-order valence-electron chi connectivity index (χ4n) is 4.88. The molecule has 1 heterocycles. The molecule has 0 spiro atoms. The average molecular weight is 340 g/mol. The molecule has 0 radical (unpaired) electrons. The van der Waals surface area contributed by atoms with Gasteiger partial charge in [0.25, 0.3) is 0 Å². The molecule has 2 saturated carbocycles. The van der Waals surface area contributed by atoms with Gasteiger partial charge in [-0.1, -0.05) is 13.0 Å². The van der Waals surface area contributed by atoms with Crippen molar-refractivity contribution >= 4 is 15.8 Å². The molecule has 3 aliphatic rings. The number of carbonyl (C=O) groups is 1. The van der Waals surface area contributed by atoms with Gasteiger partial charge < -0.3 is 4.74 Å². The van der Waals surface area contributed by atoms with E-state index >= 15 is 0 Å². The molecule has 0 amide bonds. The number of rotatable bonds is 6. The summed E-state index contributed by atoms with van der Waals surface area (Å²) in [5.41, 5.74) is -0.621. The van der Waals surface area contributed by atoms with Crippen LogP contribution in [0.15, 0.2) is 12.7 Å². The molecule has 0 N–H and O–H groups in total. The molecule has 1 saturated heterocycles. The number of ether oxygens (including phenoxy) is 1. The Labute approximate surface area is 139 Å². The van der Waals surface area contributed by atoms with Gasteiger partial charge in [0.15, 0.2) is 9.84 Å². The zero-order chi connectivity index (χ0) is 16.7. The number of hydrogen-bond acceptors (Lipinski definition) is 4. The maximum absolute atomic E-state index is 12.3. The Morgan fingerprint density at radius 1 is 1.30 bits per heavy atom. The van der Waals surface area contributed by atoms with Crippen molar-refractivity contribution in [3.8, 4) is 0 Å². The van der Waals surface area contributed by atoms with Crippen LogP contribution in [-0.4, -0.2) is 31.5 Å². The van der Waals surface area contributed by atoms with Crippen molar-refractivity contribution in [2.75, 3.05) is 11.5 Å². The molecule has 5 atom stereocenters. The van der Waals surface area contributed by atoms with Crippen LogP contribution in [0.25, 0.3) is 0 Å². The van der Waals surface area contributed by atoms with E-state index in [1.165, 1.54) is 25.7 Å². The van der Waals surface area contributed by atoms with Crippen molar-refractivity contribution in [1.29, 1.82) is 0 Å². The highest BCUT2D eigenvalue weighted by atomic mass is 32.2. The first-order valence-electron chi connectivity index (χ1n) is 8.84. The van der Waals surface area contributed by atoms with Gasteiger partial charge in [-0.3, -0.25) is 4.79 Å². The van der Waals surface area contributed by atoms with Crippen LogP contribution in [0.1, 0.15) is 51.9 Å². The van der Waals surface area contributed by atoms with Crippen molar-refractivity contribution < 1.29 is 17.9 Å². The molecule has 0 aromatic heterocycles. The molecule has 1 aliphatic heterocycles. The van der Waals surface area contributed by atoms with Crippen molar-refractivity contribution in [2.24, 2.45) is 23.7 Å². The van der Waals surface area contributed by atoms with E-state index in [1.54, 1.807) is 6.08 Å². The number of fused-ring (bicyclic) bond motifs is 2. The molecular weight excluding hydrogens is 312 g/mol. The van der Waals surface area contributed by atoms with Crippen molar-refractivity contribution in [1.82, 2.24) is 0 Å².